The molecule has 1 aromatic rings. The van der Waals surface area contributed by atoms with Gasteiger partial charge in [0.05, 0.1) is 5.56 Å². The van der Waals surface area contributed by atoms with Crippen LogP contribution in [0.5, 0.6) is 0 Å². The number of nitrogens with two attached hydrogens (primary N) is 1. The number of rotatable bonds is 5. The van der Waals surface area contributed by atoms with E-state index in [-0.39, 0.29) is 6.61 Å². The van der Waals surface area contributed by atoms with E-state index < -0.39 is 17.8 Å². The van der Waals surface area contributed by atoms with Crippen molar-refractivity contribution in [2.24, 2.45) is 5.73 Å². The number of benzene rings is 1. The first-order valence-electron chi connectivity index (χ1n) is 5.18. The Hall–Kier alpha value is -1.76. The van der Waals surface area contributed by atoms with Crippen LogP contribution in [0.4, 0.5) is 18.0 Å². The van der Waals surface area contributed by atoms with Crippen molar-refractivity contribution in [2.45, 2.75) is 12.7 Å². The molecule has 0 bridgehead atoms. The topological polar surface area (TPSA) is 64.4 Å². The van der Waals surface area contributed by atoms with Gasteiger partial charge in [-0.15, -0.1) is 0 Å². The van der Waals surface area contributed by atoms with Gasteiger partial charge >= 0.3 is 12.3 Å². The fraction of sp³-hybridized carbons (Fsp3) is 0.364. The molecule has 0 fully saturated rings. The van der Waals surface area contributed by atoms with Crippen molar-refractivity contribution < 1.29 is 22.7 Å². The highest BCUT2D eigenvalue weighted by molar-refractivity contribution is 5.64. The highest BCUT2D eigenvalue weighted by Gasteiger charge is 2.29. The molecule has 1 rings (SSSR count). The normalized spacial score (nSPS) is 11.3. The molecule has 0 aliphatic carbocycles. The van der Waals surface area contributed by atoms with Crippen molar-refractivity contribution in [2.75, 3.05) is 13.2 Å². The fourth-order valence-corrected chi connectivity index (χ4v) is 1.27. The molecule has 0 aromatic heterocycles. The van der Waals surface area contributed by atoms with Gasteiger partial charge in [-0.05, 0) is 17.7 Å². The van der Waals surface area contributed by atoms with E-state index in [0.29, 0.717) is 18.7 Å². The van der Waals surface area contributed by atoms with E-state index in [2.05, 4.69) is 10.1 Å². The first kappa shape index (κ1) is 14.3. The molecule has 0 radical (unpaired) electrons. The van der Waals surface area contributed by atoms with E-state index in [1.165, 1.54) is 12.1 Å². The number of alkyl halides is 3. The molecular weight excluding hydrogens is 249 g/mol. The van der Waals surface area contributed by atoms with E-state index in [0.717, 1.165) is 12.1 Å². The quantitative estimate of drug-likeness (QED) is 0.796. The number of primary amides is 1. The molecule has 100 valence electrons. The molecular formula is C11H13F3N2O2. The largest absolute Gasteiger partial charge is 0.448 e. The molecule has 0 saturated heterocycles. The van der Waals surface area contributed by atoms with Gasteiger partial charge in [0, 0.05) is 13.1 Å². The van der Waals surface area contributed by atoms with Crippen molar-refractivity contribution in [1.82, 2.24) is 5.32 Å². The average Bonchev–Trinajstić information content (AvgIpc) is 2.27. The predicted octanol–water partition coefficient (Wildman–Crippen LogP) is 1.89. The fourth-order valence-electron chi connectivity index (χ4n) is 1.27. The van der Waals surface area contributed by atoms with Gasteiger partial charge in [-0.3, -0.25) is 0 Å². The lowest BCUT2D eigenvalue weighted by molar-refractivity contribution is -0.137. The Morgan fingerprint density at radius 3 is 2.39 bits per heavy atom. The van der Waals surface area contributed by atoms with Crippen LogP contribution in [0.1, 0.15) is 11.1 Å². The molecule has 1 amide bonds. The number of hydrogen-bond acceptors (Lipinski definition) is 3. The summed E-state index contributed by atoms with van der Waals surface area (Å²) < 4.78 is 41.3. The first-order chi connectivity index (χ1) is 8.39. The molecule has 0 aliphatic rings. The maximum Gasteiger partial charge on any atom is 0.416 e. The van der Waals surface area contributed by atoms with Gasteiger partial charge in [-0.25, -0.2) is 4.79 Å². The van der Waals surface area contributed by atoms with E-state index in [4.69, 9.17) is 5.73 Å². The Labute approximate surface area is 102 Å². The molecule has 0 heterocycles. The number of halogens is 3. The van der Waals surface area contributed by atoms with Crippen LogP contribution in [0, 0.1) is 0 Å². The van der Waals surface area contributed by atoms with Gasteiger partial charge in [0.15, 0.2) is 0 Å². The Kier molecular flexibility index (Phi) is 4.96. The molecule has 7 heteroatoms. The Bertz CT molecular complexity index is 390. The highest BCUT2D eigenvalue weighted by Crippen LogP contribution is 2.28. The molecule has 0 spiro atoms. The Morgan fingerprint density at radius 2 is 1.89 bits per heavy atom. The summed E-state index contributed by atoms with van der Waals surface area (Å²) in [7, 11) is 0. The molecule has 0 unspecified atom stereocenters. The minimum absolute atomic E-state index is 0.121. The predicted molar refractivity (Wildman–Crippen MR) is 58.7 cm³/mol. The summed E-state index contributed by atoms with van der Waals surface area (Å²) in [6.07, 6.45) is -5.17. The van der Waals surface area contributed by atoms with Crippen LogP contribution in [-0.2, 0) is 17.5 Å². The zero-order valence-corrected chi connectivity index (χ0v) is 9.46. The summed E-state index contributed by atoms with van der Waals surface area (Å²) in [5, 5.41) is 2.90. The minimum Gasteiger partial charge on any atom is -0.448 e. The van der Waals surface area contributed by atoms with Crippen LogP contribution < -0.4 is 11.1 Å². The maximum atomic E-state index is 12.3. The summed E-state index contributed by atoms with van der Waals surface area (Å²) >= 11 is 0. The number of hydrogen-bond donors (Lipinski definition) is 2. The molecule has 1 aromatic carbocycles. The second-order valence-corrected chi connectivity index (χ2v) is 3.54. The summed E-state index contributed by atoms with van der Waals surface area (Å²) in [5.41, 5.74) is 4.78. The third-order valence-corrected chi connectivity index (χ3v) is 2.13. The lowest BCUT2D eigenvalue weighted by atomic mass is 10.1. The van der Waals surface area contributed by atoms with E-state index in [1.807, 2.05) is 0 Å². The number of amides is 1. The molecule has 3 N–H and O–H groups in total. The standard InChI is InChI=1S/C11H13F3N2O2/c12-11(13,14)9-3-1-8(2-4-9)7-16-5-6-18-10(15)17/h1-4,16H,5-7H2,(H2,15,17). The molecule has 0 saturated carbocycles. The summed E-state index contributed by atoms with van der Waals surface area (Å²) in [6, 6.07) is 4.84. The highest BCUT2D eigenvalue weighted by atomic mass is 19.4. The lowest BCUT2D eigenvalue weighted by Crippen LogP contribution is -2.23. The van der Waals surface area contributed by atoms with Crippen LogP contribution in [0.2, 0.25) is 0 Å². The number of carbonyl (C=O) groups excluding carboxylic acids is 1. The third-order valence-electron chi connectivity index (χ3n) is 2.13. The summed E-state index contributed by atoms with van der Waals surface area (Å²) in [4.78, 5) is 10.2. The SMILES string of the molecule is NC(=O)OCCNCc1ccc(C(F)(F)F)cc1. The zero-order chi connectivity index (χ0) is 13.6. The number of carbonyl (C=O) groups is 1. The van der Waals surface area contributed by atoms with Crippen molar-refractivity contribution in [1.29, 1.82) is 0 Å². The van der Waals surface area contributed by atoms with Crippen LogP contribution >= 0.6 is 0 Å². The van der Waals surface area contributed by atoms with Crippen LogP contribution in [-0.4, -0.2) is 19.2 Å². The summed E-state index contributed by atoms with van der Waals surface area (Å²) in [5.74, 6) is 0. The average molecular weight is 262 g/mol. The second-order valence-electron chi connectivity index (χ2n) is 3.54. The first-order valence-corrected chi connectivity index (χ1v) is 5.18. The van der Waals surface area contributed by atoms with Crippen LogP contribution in [0.3, 0.4) is 0 Å². The smallest absolute Gasteiger partial charge is 0.416 e. The Balaban J connectivity index is 2.33. The van der Waals surface area contributed by atoms with Crippen molar-refractivity contribution in [3.63, 3.8) is 0 Å². The van der Waals surface area contributed by atoms with Gasteiger partial charge in [-0.2, -0.15) is 13.2 Å². The second kappa shape index (κ2) is 6.25. The van der Waals surface area contributed by atoms with Gasteiger partial charge < -0.3 is 15.8 Å². The zero-order valence-electron chi connectivity index (χ0n) is 9.46. The van der Waals surface area contributed by atoms with Crippen molar-refractivity contribution in [3.05, 3.63) is 35.4 Å². The van der Waals surface area contributed by atoms with E-state index >= 15 is 0 Å². The monoisotopic (exact) mass is 262 g/mol. The lowest BCUT2D eigenvalue weighted by Gasteiger charge is -2.08. The minimum atomic E-state index is -4.32. The van der Waals surface area contributed by atoms with Crippen molar-refractivity contribution in [3.8, 4) is 0 Å². The maximum absolute atomic E-state index is 12.3. The van der Waals surface area contributed by atoms with Gasteiger partial charge in [0.2, 0.25) is 0 Å². The molecule has 4 nitrogen and oxygen atoms in total. The number of ether oxygens (including phenoxy) is 1. The number of nitrogens with one attached hydrogen (secondary N) is 1. The van der Waals surface area contributed by atoms with Gasteiger partial charge in [0.1, 0.15) is 6.61 Å². The van der Waals surface area contributed by atoms with E-state index in [9.17, 15) is 18.0 Å². The molecule has 0 atom stereocenters. The molecule has 0 aliphatic heterocycles. The van der Waals surface area contributed by atoms with Gasteiger partial charge in [-0.1, -0.05) is 12.1 Å². The van der Waals surface area contributed by atoms with Gasteiger partial charge in [0.25, 0.3) is 0 Å². The van der Waals surface area contributed by atoms with E-state index in [1.54, 1.807) is 0 Å². The van der Waals surface area contributed by atoms with Crippen LogP contribution in [0.15, 0.2) is 24.3 Å². The van der Waals surface area contributed by atoms with Crippen molar-refractivity contribution >= 4 is 6.09 Å². The Morgan fingerprint density at radius 1 is 1.28 bits per heavy atom. The third kappa shape index (κ3) is 5.05. The molecule has 18 heavy (non-hydrogen) atoms. The van der Waals surface area contributed by atoms with Crippen LogP contribution in [0.25, 0.3) is 0 Å². The summed E-state index contributed by atoms with van der Waals surface area (Å²) in [6.45, 7) is 0.889.